The van der Waals surface area contributed by atoms with E-state index >= 15 is 0 Å². The summed E-state index contributed by atoms with van der Waals surface area (Å²) in [5.41, 5.74) is 6.62. The summed E-state index contributed by atoms with van der Waals surface area (Å²) in [5, 5.41) is 4.37. The fraction of sp³-hybridized carbons (Fsp3) is 0.400. The van der Waals surface area contributed by atoms with Crippen LogP contribution in [0.25, 0.3) is 0 Å². The van der Waals surface area contributed by atoms with Crippen molar-refractivity contribution in [1.82, 2.24) is 9.97 Å². The molecule has 0 spiro atoms. The molecule has 1 heterocycles. The molecule has 1 aliphatic rings. The lowest BCUT2D eigenvalue weighted by molar-refractivity contribution is 0.639. The molecule has 20 heavy (non-hydrogen) atoms. The van der Waals surface area contributed by atoms with Crippen LogP contribution in [0.5, 0.6) is 0 Å². The zero-order chi connectivity index (χ0) is 14.7. The normalized spacial score (nSPS) is 20.6. The maximum Gasteiger partial charge on any atom is 0.252 e. The zero-order valence-corrected chi connectivity index (χ0v) is 12.2. The first-order valence-corrected chi connectivity index (χ1v) is 6.69. The van der Waals surface area contributed by atoms with Gasteiger partial charge in [-0.05, 0) is 45.1 Å². The third-order valence-corrected chi connectivity index (χ3v) is 3.47. The summed E-state index contributed by atoms with van der Waals surface area (Å²) in [6.45, 7) is 9.88. The molecule has 0 unspecified atom stereocenters. The summed E-state index contributed by atoms with van der Waals surface area (Å²) < 4.78 is 0. The molecule has 0 amide bonds. The molecular weight excluding hydrogens is 252 g/mol. The number of anilines is 1. The standard InChI is InChI=1S/C15H20N4O/c1-9(2)12-6-5-10(3)13(8-12)18-19-15-16-11(4)7-14(20)17-15/h5,7,12H,1,6,8H2,2-4H3,(H2,16,17,19,20)/t12-/m1/s1. The number of hydrogen-bond donors (Lipinski definition) is 2. The van der Waals surface area contributed by atoms with Gasteiger partial charge in [0.05, 0.1) is 5.71 Å². The first kappa shape index (κ1) is 14.2. The molecule has 0 saturated heterocycles. The van der Waals surface area contributed by atoms with Crippen LogP contribution in [-0.4, -0.2) is 15.7 Å². The minimum Gasteiger partial charge on any atom is -0.291 e. The molecule has 5 nitrogen and oxygen atoms in total. The highest BCUT2D eigenvalue weighted by Crippen LogP contribution is 2.26. The minimum atomic E-state index is -0.184. The molecule has 0 bridgehead atoms. The van der Waals surface area contributed by atoms with Crippen LogP contribution in [-0.2, 0) is 0 Å². The number of nitrogens with zero attached hydrogens (tertiary/aromatic N) is 2. The maximum absolute atomic E-state index is 11.4. The fourth-order valence-corrected chi connectivity index (χ4v) is 2.18. The molecule has 1 aromatic rings. The number of aryl methyl sites for hydroxylation is 1. The Morgan fingerprint density at radius 1 is 1.55 bits per heavy atom. The Labute approximate surface area is 118 Å². The molecule has 0 aliphatic heterocycles. The van der Waals surface area contributed by atoms with E-state index in [0.717, 1.165) is 24.1 Å². The zero-order valence-electron chi connectivity index (χ0n) is 12.2. The van der Waals surface area contributed by atoms with Crippen LogP contribution in [0.1, 0.15) is 32.4 Å². The predicted octanol–water partition coefficient (Wildman–Crippen LogP) is 2.78. The number of aromatic amines is 1. The number of aromatic nitrogens is 2. The highest BCUT2D eigenvalue weighted by atomic mass is 16.1. The third kappa shape index (κ3) is 3.44. The lowest BCUT2D eigenvalue weighted by Gasteiger charge is -2.22. The summed E-state index contributed by atoms with van der Waals surface area (Å²) >= 11 is 0. The molecule has 2 rings (SSSR count). The fourth-order valence-electron chi connectivity index (χ4n) is 2.18. The van der Waals surface area contributed by atoms with Gasteiger partial charge in [-0.15, -0.1) is 0 Å². The second kappa shape index (κ2) is 5.86. The van der Waals surface area contributed by atoms with Crippen molar-refractivity contribution in [2.24, 2.45) is 11.0 Å². The molecule has 0 aromatic carbocycles. The number of allylic oxidation sites excluding steroid dienone is 3. The van der Waals surface area contributed by atoms with Gasteiger partial charge in [0, 0.05) is 11.8 Å². The number of H-pyrrole nitrogens is 1. The van der Waals surface area contributed by atoms with Crippen LogP contribution >= 0.6 is 0 Å². The number of hydrazone groups is 1. The van der Waals surface area contributed by atoms with Crippen molar-refractivity contribution in [3.05, 3.63) is 45.9 Å². The van der Waals surface area contributed by atoms with Gasteiger partial charge >= 0.3 is 0 Å². The molecule has 106 valence electrons. The van der Waals surface area contributed by atoms with E-state index in [1.165, 1.54) is 11.6 Å². The Bertz CT molecular complexity index is 640. The molecule has 5 heteroatoms. The molecule has 0 radical (unpaired) electrons. The largest absolute Gasteiger partial charge is 0.291 e. The van der Waals surface area contributed by atoms with Crippen LogP contribution in [0.3, 0.4) is 0 Å². The summed E-state index contributed by atoms with van der Waals surface area (Å²) in [7, 11) is 0. The Balaban J connectivity index is 2.17. The summed E-state index contributed by atoms with van der Waals surface area (Å²) in [6, 6.07) is 1.45. The van der Waals surface area contributed by atoms with Crippen molar-refractivity contribution in [2.75, 3.05) is 5.43 Å². The minimum absolute atomic E-state index is 0.184. The van der Waals surface area contributed by atoms with Gasteiger partial charge in [0.1, 0.15) is 0 Å². The van der Waals surface area contributed by atoms with Crippen LogP contribution < -0.4 is 11.0 Å². The summed E-state index contributed by atoms with van der Waals surface area (Å²) in [6.07, 6.45) is 4.05. The molecule has 1 aliphatic carbocycles. The highest BCUT2D eigenvalue weighted by molar-refractivity contribution is 6.01. The first-order valence-electron chi connectivity index (χ1n) is 6.69. The van der Waals surface area contributed by atoms with Crippen LogP contribution in [0.15, 0.2) is 39.8 Å². The molecule has 1 aromatic heterocycles. The highest BCUT2D eigenvalue weighted by Gasteiger charge is 2.18. The van der Waals surface area contributed by atoms with E-state index in [1.807, 2.05) is 13.8 Å². The molecule has 0 fully saturated rings. The topological polar surface area (TPSA) is 70.1 Å². The molecule has 0 saturated carbocycles. The van der Waals surface area contributed by atoms with Crippen LogP contribution in [0.4, 0.5) is 5.95 Å². The van der Waals surface area contributed by atoms with Gasteiger partial charge in [0.25, 0.3) is 5.56 Å². The Morgan fingerprint density at radius 2 is 2.30 bits per heavy atom. The van der Waals surface area contributed by atoms with Crippen molar-refractivity contribution in [2.45, 2.75) is 33.6 Å². The third-order valence-electron chi connectivity index (χ3n) is 3.47. The quantitative estimate of drug-likeness (QED) is 0.656. The van der Waals surface area contributed by atoms with E-state index in [9.17, 15) is 4.79 Å². The molecule has 1 atom stereocenters. The average Bonchev–Trinajstić information content (AvgIpc) is 2.36. The SMILES string of the molecule is C=C(C)[C@@H]1CC=C(C)C(=NNc2nc(C)cc(=O)[nH]2)C1. The van der Waals surface area contributed by atoms with E-state index < -0.39 is 0 Å². The maximum atomic E-state index is 11.4. The first-order chi connectivity index (χ1) is 9.45. The Morgan fingerprint density at radius 3 is 2.95 bits per heavy atom. The van der Waals surface area contributed by atoms with Gasteiger partial charge in [-0.25, -0.2) is 10.4 Å². The van der Waals surface area contributed by atoms with Crippen molar-refractivity contribution in [3.63, 3.8) is 0 Å². The van der Waals surface area contributed by atoms with Crippen molar-refractivity contribution in [1.29, 1.82) is 0 Å². The van der Waals surface area contributed by atoms with E-state index in [2.05, 4.69) is 33.2 Å². The van der Waals surface area contributed by atoms with Crippen molar-refractivity contribution < 1.29 is 0 Å². The molecular formula is C15H20N4O. The monoisotopic (exact) mass is 272 g/mol. The van der Waals surface area contributed by atoms with Crippen LogP contribution in [0.2, 0.25) is 0 Å². The Hall–Kier alpha value is -2.17. The second-order valence-corrected chi connectivity index (χ2v) is 5.28. The number of nitrogens with one attached hydrogen (secondary N) is 2. The predicted molar refractivity (Wildman–Crippen MR) is 81.9 cm³/mol. The number of rotatable bonds is 3. The smallest absolute Gasteiger partial charge is 0.252 e. The van der Waals surface area contributed by atoms with E-state index in [0.29, 0.717) is 17.6 Å². The summed E-state index contributed by atoms with van der Waals surface area (Å²) in [5.74, 6) is 0.802. The molecule has 2 N–H and O–H groups in total. The van der Waals surface area contributed by atoms with Gasteiger partial charge in [0.2, 0.25) is 5.95 Å². The van der Waals surface area contributed by atoms with Crippen molar-refractivity contribution >= 4 is 11.7 Å². The van der Waals surface area contributed by atoms with Gasteiger partial charge in [-0.2, -0.15) is 5.10 Å². The lowest BCUT2D eigenvalue weighted by atomic mass is 9.85. The van der Waals surface area contributed by atoms with Gasteiger partial charge < -0.3 is 0 Å². The van der Waals surface area contributed by atoms with Crippen molar-refractivity contribution in [3.8, 4) is 0 Å². The van der Waals surface area contributed by atoms with Crippen LogP contribution in [0, 0.1) is 12.8 Å². The van der Waals surface area contributed by atoms with Gasteiger partial charge in [-0.1, -0.05) is 18.2 Å². The van der Waals surface area contributed by atoms with E-state index in [4.69, 9.17) is 0 Å². The summed E-state index contributed by atoms with van der Waals surface area (Å²) in [4.78, 5) is 18.2. The van der Waals surface area contributed by atoms with Gasteiger partial charge in [-0.3, -0.25) is 9.78 Å². The average molecular weight is 272 g/mol. The Kier molecular flexibility index (Phi) is 4.17. The van der Waals surface area contributed by atoms with E-state index in [-0.39, 0.29) is 5.56 Å². The number of hydrogen-bond acceptors (Lipinski definition) is 4. The van der Waals surface area contributed by atoms with E-state index in [1.54, 1.807) is 6.92 Å². The van der Waals surface area contributed by atoms with Gasteiger partial charge in [0.15, 0.2) is 0 Å². The lowest BCUT2D eigenvalue weighted by Crippen LogP contribution is -2.17. The second-order valence-electron chi connectivity index (χ2n) is 5.28.